The molecule has 0 amide bonds. The van der Waals surface area contributed by atoms with Gasteiger partial charge in [0.15, 0.2) is 0 Å². The summed E-state index contributed by atoms with van der Waals surface area (Å²) in [5.41, 5.74) is 0. The average Bonchev–Trinajstić information content (AvgIpc) is 1.12. The summed E-state index contributed by atoms with van der Waals surface area (Å²) in [6.45, 7) is 0. The first kappa shape index (κ1) is 13.6. The van der Waals surface area contributed by atoms with Gasteiger partial charge in [0, 0.05) is 0 Å². The average molecular weight is 249 g/mol. The second-order valence-electron chi connectivity index (χ2n) is 1.13. The van der Waals surface area contributed by atoms with Crippen LogP contribution < -0.4 is 0 Å². The van der Waals surface area contributed by atoms with E-state index in [1.54, 1.807) is 0 Å². The molecule has 0 aromatic rings. The summed E-state index contributed by atoms with van der Waals surface area (Å²) in [5, 5.41) is -3.22. The number of hydrogen-bond acceptors (Lipinski definition) is 3. The molecule has 0 aliphatic carbocycles. The van der Waals surface area contributed by atoms with Gasteiger partial charge in [-0.1, -0.05) is 0 Å². The van der Waals surface area contributed by atoms with Crippen molar-refractivity contribution in [2.75, 3.05) is 6.26 Å². The normalized spacial score (nSPS) is 11.7. The Hall–Kier alpha value is 1.01. The second kappa shape index (κ2) is 4.80. The molecule has 0 fully saturated rings. The van der Waals surface area contributed by atoms with Crippen LogP contribution in [0.2, 0.25) is 0 Å². The minimum atomic E-state index is -3.67. The Bertz CT molecular complexity index is 198. The van der Waals surface area contributed by atoms with Crippen LogP contribution in [0, 0.1) is 0 Å². The molecule has 0 unspecified atom stereocenters. The summed E-state index contributed by atoms with van der Waals surface area (Å²) >= 11 is 13.8. The van der Waals surface area contributed by atoms with Gasteiger partial charge in [0.1, 0.15) is 0 Å². The minimum absolute atomic E-state index is 0.715. The molecule has 0 rings (SSSR count). The number of rotatable bonds is 0. The fourth-order valence-corrected chi connectivity index (χ4v) is 0. The van der Waals surface area contributed by atoms with Crippen molar-refractivity contribution < 1.29 is 17.5 Å². The van der Waals surface area contributed by atoms with Crippen molar-refractivity contribution in [2.45, 2.75) is 0 Å². The van der Waals surface area contributed by atoms with E-state index < -0.39 is 15.3 Å². The highest BCUT2D eigenvalue weighted by Crippen LogP contribution is 2.61. The lowest BCUT2D eigenvalue weighted by atomic mass is 12.0. The first-order chi connectivity index (χ1) is 4.00. The summed E-state index contributed by atoms with van der Waals surface area (Å²) in [6, 6.07) is 0. The largest absolute Gasteiger partial charge is 0.339 e. The highest BCUT2D eigenvalue weighted by atomic mass is 36.0. The van der Waals surface area contributed by atoms with Gasteiger partial charge in [0.05, 0.1) is 6.26 Å². The molecule has 4 nitrogen and oxygen atoms in total. The van der Waals surface area contributed by atoms with Crippen LogP contribution in [-0.4, -0.2) is 19.2 Å². The molecule has 0 atom stereocenters. The maximum Gasteiger partial charge on any atom is 0.339 e. The van der Waals surface area contributed by atoms with Crippen LogP contribution in [0.4, 0.5) is 0 Å². The van der Waals surface area contributed by atoms with Crippen LogP contribution in [0.3, 0.4) is 0 Å². The van der Waals surface area contributed by atoms with Crippen molar-refractivity contribution in [3.63, 3.8) is 0 Å². The molecule has 0 aliphatic rings. The number of hydrogen-bond donors (Lipinski definition) is 1. The highest BCUT2D eigenvalue weighted by molar-refractivity contribution is 8.24. The van der Waals surface area contributed by atoms with Crippen molar-refractivity contribution in [3.05, 3.63) is 0 Å². The Labute approximate surface area is 73.0 Å². The zero-order chi connectivity index (χ0) is 9.00. The van der Waals surface area contributed by atoms with Crippen LogP contribution >= 0.6 is 38.9 Å². The zero-order valence-corrected chi connectivity index (χ0v) is 8.64. The first-order valence-electron chi connectivity index (χ1n) is 1.61. The third kappa shape index (κ3) is 567. The van der Waals surface area contributed by atoms with Gasteiger partial charge < -0.3 is 0 Å². The molecule has 0 bridgehead atoms. The predicted molar refractivity (Wildman–Crippen MR) is 42.6 cm³/mol. The second-order valence-corrected chi connectivity index (χ2v) is 9.24. The molecule has 0 aromatic heterocycles. The van der Waals surface area contributed by atoms with Gasteiger partial charge in [-0.15, -0.1) is 0 Å². The van der Waals surface area contributed by atoms with Gasteiger partial charge >= 0.3 is 5.20 Å². The molecule has 64 valence electrons. The Balaban J connectivity index is 0. The fraction of sp³-hybridized carbons (Fsp3) is 1.00. The minimum Gasteiger partial charge on any atom is -0.286 e. The van der Waals surface area contributed by atoms with Crippen LogP contribution in [0.25, 0.3) is 0 Å². The van der Waals surface area contributed by atoms with E-state index in [1.165, 1.54) is 0 Å². The van der Waals surface area contributed by atoms with Gasteiger partial charge in [-0.2, -0.15) is 8.42 Å². The smallest absolute Gasteiger partial charge is 0.286 e. The molecule has 0 spiro atoms. The molecule has 10 heavy (non-hydrogen) atoms. The summed E-state index contributed by atoms with van der Waals surface area (Å²) < 4.78 is 35.4. The lowest BCUT2D eigenvalue weighted by Gasteiger charge is -1.74. The monoisotopic (exact) mass is 248 g/mol. The third-order valence-corrected chi connectivity index (χ3v) is 0. The Kier molecular flexibility index (Phi) is 6.52. The summed E-state index contributed by atoms with van der Waals surface area (Å²) in [6.07, 6.45) is 0.715. The lowest BCUT2D eigenvalue weighted by molar-refractivity contribution is 0.490. The van der Waals surface area contributed by atoms with Gasteiger partial charge in [-0.05, 0) is 33.7 Å². The number of halogens is 3. The topological polar surface area (TPSA) is 71.4 Å². The van der Waals surface area contributed by atoms with Crippen molar-refractivity contribution >= 4 is 49.0 Å². The van der Waals surface area contributed by atoms with E-state index in [2.05, 4.69) is 33.7 Å². The van der Waals surface area contributed by atoms with Gasteiger partial charge in [-0.25, -0.2) is 0 Å². The molecule has 0 saturated heterocycles. The van der Waals surface area contributed by atoms with Gasteiger partial charge in [0.2, 0.25) is 0 Å². The van der Waals surface area contributed by atoms with Crippen molar-refractivity contribution in [1.82, 2.24) is 0 Å². The Morgan fingerprint density at radius 1 is 1.30 bits per heavy atom. The summed E-state index contributed by atoms with van der Waals surface area (Å²) in [7, 11) is -3.67. The molecule has 0 saturated carbocycles. The van der Waals surface area contributed by atoms with Gasteiger partial charge in [-0.3, -0.25) is 9.12 Å². The first-order valence-corrected chi connectivity index (χ1v) is 7.88. The quantitative estimate of drug-likeness (QED) is 0.528. The van der Waals surface area contributed by atoms with Crippen LogP contribution in [-0.2, 0) is 14.7 Å². The van der Waals surface area contributed by atoms with Crippen LogP contribution in [0.1, 0.15) is 0 Å². The van der Waals surface area contributed by atoms with Crippen molar-refractivity contribution in [1.29, 1.82) is 0 Å². The molecule has 0 radical (unpaired) electrons. The Morgan fingerprint density at radius 3 is 1.30 bits per heavy atom. The van der Waals surface area contributed by atoms with Crippen molar-refractivity contribution in [2.24, 2.45) is 0 Å². The summed E-state index contributed by atoms with van der Waals surface area (Å²) in [5.74, 6) is 0. The van der Waals surface area contributed by atoms with E-state index in [1.807, 2.05) is 0 Å². The van der Waals surface area contributed by atoms with E-state index in [0.29, 0.717) is 6.26 Å². The van der Waals surface area contributed by atoms with Crippen LogP contribution in [0.15, 0.2) is 0 Å². The van der Waals surface area contributed by atoms with Gasteiger partial charge in [0.25, 0.3) is 10.1 Å². The van der Waals surface area contributed by atoms with E-state index in [9.17, 15) is 13.0 Å². The van der Waals surface area contributed by atoms with E-state index >= 15 is 0 Å². The zero-order valence-electron chi connectivity index (χ0n) is 4.66. The maximum absolute atomic E-state index is 9.51. The standard InChI is InChI=1S/CH4O3S.Cl3OP/c2*1-5(2,3)4/h1H3,(H,2,3,4);. The lowest BCUT2D eigenvalue weighted by Crippen LogP contribution is -1.88. The van der Waals surface area contributed by atoms with E-state index in [0.717, 1.165) is 0 Å². The molecular formula is CH4Cl3O4PS. The fourth-order valence-electron chi connectivity index (χ4n) is 0. The molecular weight excluding hydrogens is 245 g/mol. The highest BCUT2D eigenvalue weighted by Gasteiger charge is 2.02. The van der Waals surface area contributed by atoms with E-state index in [4.69, 9.17) is 4.55 Å². The molecule has 0 aliphatic heterocycles. The third-order valence-electron chi connectivity index (χ3n) is 0. The molecule has 0 aromatic carbocycles. The molecule has 9 heteroatoms. The maximum atomic E-state index is 9.51. The van der Waals surface area contributed by atoms with Crippen molar-refractivity contribution in [3.8, 4) is 0 Å². The molecule has 1 N–H and O–H groups in total. The summed E-state index contributed by atoms with van der Waals surface area (Å²) in [4.78, 5) is 0. The Morgan fingerprint density at radius 2 is 1.30 bits per heavy atom. The SMILES string of the molecule is CS(=O)(=O)O.O=P(Cl)(Cl)Cl. The molecule has 0 heterocycles. The van der Waals surface area contributed by atoms with Crippen LogP contribution in [0.5, 0.6) is 0 Å². The van der Waals surface area contributed by atoms with E-state index in [-0.39, 0.29) is 0 Å². The predicted octanol–water partition coefficient (Wildman–Crippen LogP) is 2.31.